The molecule has 0 spiro atoms. The third-order valence-corrected chi connectivity index (χ3v) is 4.90. The topological polar surface area (TPSA) is 55.8 Å². The van der Waals surface area contributed by atoms with E-state index in [9.17, 15) is 31.1 Å². The molecule has 0 saturated carbocycles. The molecule has 30 heavy (non-hydrogen) atoms. The first-order valence-electron chi connectivity index (χ1n) is 8.10. The van der Waals surface area contributed by atoms with Gasteiger partial charge in [-0.2, -0.15) is 26.3 Å². The molecule has 162 valence electrons. The maximum atomic E-state index is 13.2. The summed E-state index contributed by atoms with van der Waals surface area (Å²) in [6.45, 7) is 0. The van der Waals surface area contributed by atoms with E-state index in [1.54, 1.807) is 0 Å². The number of hydrogen-bond acceptors (Lipinski definition) is 3. The molecule has 2 aromatic rings. The number of alkyl halides is 6. The number of halogens is 8. The lowest BCUT2D eigenvalue weighted by atomic mass is 9.90. The van der Waals surface area contributed by atoms with Gasteiger partial charge in [0.25, 0.3) is 0 Å². The average Bonchev–Trinajstić information content (AvgIpc) is 2.59. The summed E-state index contributed by atoms with van der Waals surface area (Å²) in [4.78, 5) is 11.2. The van der Waals surface area contributed by atoms with E-state index >= 15 is 0 Å². The molecule has 3 rings (SSSR count). The first kappa shape index (κ1) is 22.4. The van der Waals surface area contributed by atoms with E-state index < -0.39 is 47.4 Å². The zero-order valence-corrected chi connectivity index (χ0v) is 16.0. The van der Waals surface area contributed by atoms with Crippen molar-refractivity contribution < 1.29 is 45.7 Å². The summed E-state index contributed by atoms with van der Waals surface area (Å²) in [5.41, 5.74) is -0.977. The molecule has 0 fully saturated rings. The van der Waals surface area contributed by atoms with Gasteiger partial charge in [0, 0.05) is 12.1 Å². The van der Waals surface area contributed by atoms with Crippen LogP contribution in [0.15, 0.2) is 30.3 Å². The summed E-state index contributed by atoms with van der Waals surface area (Å²) >= 11 is 11.7. The van der Waals surface area contributed by atoms with E-state index in [-0.39, 0.29) is 27.8 Å². The Hall–Kier alpha value is -2.33. The van der Waals surface area contributed by atoms with E-state index in [0.717, 1.165) is 18.2 Å². The third kappa shape index (κ3) is 4.54. The Balaban J connectivity index is 1.93. The molecule has 2 unspecified atom stereocenters. The van der Waals surface area contributed by atoms with Crippen LogP contribution in [0.3, 0.4) is 0 Å². The van der Waals surface area contributed by atoms with Crippen molar-refractivity contribution in [3.8, 4) is 17.2 Å². The maximum absolute atomic E-state index is 13.2. The van der Waals surface area contributed by atoms with Gasteiger partial charge in [-0.1, -0.05) is 23.2 Å². The van der Waals surface area contributed by atoms with E-state index in [1.807, 2.05) is 0 Å². The number of ether oxygens (including phenoxy) is 2. The van der Waals surface area contributed by atoms with Crippen molar-refractivity contribution in [2.45, 2.75) is 24.9 Å². The summed E-state index contributed by atoms with van der Waals surface area (Å²) in [7, 11) is 0. The molecule has 2 aromatic carbocycles. The van der Waals surface area contributed by atoms with Crippen LogP contribution >= 0.6 is 23.2 Å². The molecule has 12 heteroatoms. The van der Waals surface area contributed by atoms with E-state index in [4.69, 9.17) is 37.8 Å². The Morgan fingerprint density at radius 2 is 1.73 bits per heavy atom. The van der Waals surface area contributed by atoms with Gasteiger partial charge in [-0.25, -0.2) is 0 Å². The van der Waals surface area contributed by atoms with Crippen LogP contribution < -0.4 is 9.47 Å². The van der Waals surface area contributed by atoms with Gasteiger partial charge in [0.1, 0.15) is 23.2 Å². The van der Waals surface area contributed by atoms with E-state index in [0.29, 0.717) is 6.07 Å². The number of fused-ring (bicyclic) bond motifs is 1. The van der Waals surface area contributed by atoms with E-state index in [1.165, 1.54) is 6.07 Å². The van der Waals surface area contributed by atoms with Crippen molar-refractivity contribution >= 4 is 29.2 Å². The smallest absolute Gasteiger partial charge is 0.426 e. The summed E-state index contributed by atoms with van der Waals surface area (Å²) < 4.78 is 88.2. The lowest BCUT2D eigenvalue weighted by Crippen LogP contribution is -2.47. The molecular formula is C18H10Cl2F6O4. The molecule has 0 saturated heterocycles. The highest BCUT2D eigenvalue weighted by Crippen LogP contribution is 2.44. The lowest BCUT2D eigenvalue weighted by Gasteiger charge is -2.32. The molecule has 0 amide bonds. The highest BCUT2D eigenvalue weighted by atomic mass is 35.5. The summed E-state index contributed by atoms with van der Waals surface area (Å²) in [5, 5.41) is 8.34. The minimum Gasteiger partial charge on any atom is -0.481 e. The first-order chi connectivity index (χ1) is 13.8. The van der Waals surface area contributed by atoms with Gasteiger partial charge in [-0.05, 0) is 30.2 Å². The molecule has 0 aliphatic carbocycles. The average molecular weight is 475 g/mol. The molecule has 1 aliphatic rings. The van der Waals surface area contributed by atoms with Gasteiger partial charge >= 0.3 is 18.3 Å². The second-order valence-electron chi connectivity index (χ2n) is 6.36. The van der Waals surface area contributed by atoms with Crippen LogP contribution in [0, 0.1) is 5.92 Å². The van der Waals surface area contributed by atoms with Gasteiger partial charge in [-0.15, -0.1) is 0 Å². The van der Waals surface area contributed by atoms with Crippen molar-refractivity contribution in [3.63, 3.8) is 0 Å². The molecule has 0 bridgehead atoms. The van der Waals surface area contributed by atoms with Crippen LogP contribution in [-0.2, 0) is 17.4 Å². The maximum Gasteiger partial charge on any atom is 0.426 e. The molecule has 1 heterocycles. The number of aliphatic carboxylic acids is 1. The normalized spacial score (nSPS) is 19.1. The fourth-order valence-electron chi connectivity index (χ4n) is 2.91. The van der Waals surface area contributed by atoms with Gasteiger partial charge in [-0.3, -0.25) is 4.79 Å². The quantitative estimate of drug-likeness (QED) is 0.525. The predicted octanol–water partition coefficient (Wildman–Crippen LogP) is 6.37. The fourth-order valence-corrected chi connectivity index (χ4v) is 3.42. The molecule has 4 nitrogen and oxygen atoms in total. The highest BCUT2D eigenvalue weighted by molar-refractivity contribution is 6.32. The van der Waals surface area contributed by atoms with Crippen LogP contribution in [0.1, 0.15) is 11.1 Å². The van der Waals surface area contributed by atoms with Crippen molar-refractivity contribution in [1.29, 1.82) is 0 Å². The SMILES string of the molecule is O=C(O)C1Cc2cc(Cl)c(Oc3ccc(C(F)(F)F)c(Cl)c3)cc2OC1C(F)(F)F. The largest absolute Gasteiger partial charge is 0.481 e. The zero-order valence-electron chi connectivity index (χ0n) is 14.4. The van der Waals surface area contributed by atoms with Crippen molar-refractivity contribution in [2.24, 2.45) is 5.92 Å². The van der Waals surface area contributed by atoms with Crippen LogP contribution in [0.2, 0.25) is 10.0 Å². The molecule has 1 N–H and O–H groups in total. The summed E-state index contributed by atoms with van der Waals surface area (Å²) in [6, 6.07) is 4.71. The summed E-state index contributed by atoms with van der Waals surface area (Å²) in [6.07, 6.45) is -12.7. The van der Waals surface area contributed by atoms with Crippen LogP contribution in [-0.4, -0.2) is 23.4 Å². The number of hydrogen-bond donors (Lipinski definition) is 1. The number of rotatable bonds is 3. The Kier molecular flexibility index (Phi) is 5.76. The van der Waals surface area contributed by atoms with Gasteiger partial charge < -0.3 is 14.6 Å². The minimum absolute atomic E-state index is 0.108. The van der Waals surface area contributed by atoms with Crippen LogP contribution in [0.4, 0.5) is 26.3 Å². The van der Waals surface area contributed by atoms with Gasteiger partial charge in [0.05, 0.1) is 15.6 Å². The number of benzene rings is 2. The number of carbonyl (C=O) groups is 1. The molecule has 0 aromatic heterocycles. The standard InChI is InChI=1S/C18H10Cl2F6O4/c19-11-5-8(1-2-10(11)17(21,22)23)29-14-6-13-7(4-12(14)20)3-9(16(27)28)15(30-13)18(24,25)26/h1-2,4-6,9,15H,3H2,(H,27,28). The lowest BCUT2D eigenvalue weighted by molar-refractivity contribution is -0.217. The Morgan fingerprint density at radius 3 is 2.27 bits per heavy atom. The van der Waals surface area contributed by atoms with Crippen LogP contribution in [0.5, 0.6) is 17.2 Å². The summed E-state index contributed by atoms with van der Waals surface area (Å²) in [5.74, 6) is -4.21. The van der Waals surface area contributed by atoms with Gasteiger partial charge in [0.15, 0.2) is 0 Å². The highest BCUT2D eigenvalue weighted by Gasteiger charge is 2.52. The number of carboxylic acids is 1. The number of carboxylic acid groups (broad SMARTS) is 1. The Morgan fingerprint density at radius 1 is 1.07 bits per heavy atom. The second-order valence-corrected chi connectivity index (χ2v) is 7.18. The third-order valence-electron chi connectivity index (χ3n) is 4.29. The first-order valence-corrected chi connectivity index (χ1v) is 8.86. The second kappa shape index (κ2) is 7.73. The molecule has 0 radical (unpaired) electrons. The molecule has 2 atom stereocenters. The monoisotopic (exact) mass is 474 g/mol. The fraction of sp³-hybridized carbons (Fsp3) is 0.278. The van der Waals surface area contributed by atoms with Crippen molar-refractivity contribution in [2.75, 3.05) is 0 Å². The van der Waals surface area contributed by atoms with Crippen molar-refractivity contribution in [1.82, 2.24) is 0 Å². The molecule has 1 aliphatic heterocycles. The van der Waals surface area contributed by atoms with Crippen molar-refractivity contribution in [3.05, 3.63) is 51.5 Å². The van der Waals surface area contributed by atoms with Crippen LogP contribution in [0.25, 0.3) is 0 Å². The Bertz CT molecular complexity index is 990. The predicted molar refractivity (Wildman–Crippen MR) is 93.3 cm³/mol. The van der Waals surface area contributed by atoms with E-state index in [2.05, 4.69) is 0 Å². The Labute approximate surface area is 174 Å². The molecular weight excluding hydrogens is 465 g/mol. The van der Waals surface area contributed by atoms with Gasteiger partial charge in [0.2, 0.25) is 6.10 Å². The minimum atomic E-state index is -4.94. The zero-order chi connectivity index (χ0) is 22.4.